The maximum absolute atomic E-state index is 13.6. The molecule has 1 aliphatic carbocycles. The lowest BCUT2D eigenvalue weighted by molar-refractivity contribution is -0.125. The Morgan fingerprint density at radius 1 is 0.903 bits per heavy atom. The van der Waals surface area contributed by atoms with Gasteiger partial charge in [-0.2, -0.15) is 0 Å². The molecule has 3 aromatic carbocycles. The number of hydrogen-bond acceptors (Lipinski definition) is 2. The van der Waals surface area contributed by atoms with E-state index in [1.165, 1.54) is 11.3 Å². The highest BCUT2D eigenvalue weighted by Crippen LogP contribution is 2.34. The quantitative estimate of drug-likeness (QED) is 0.602. The van der Waals surface area contributed by atoms with Crippen molar-refractivity contribution in [1.29, 1.82) is 0 Å². The van der Waals surface area contributed by atoms with Crippen LogP contribution in [0.15, 0.2) is 72.8 Å². The van der Waals surface area contributed by atoms with Crippen molar-refractivity contribution in [3.8, 4) is 12.3 Å². The molecule has 1 fully saturated rings. The van der Waals surface area contributed by atoms with Gasteiger partial charge in [0.2, 0.25) is 5.91 Å². The summed E-state index contributed by atoms with van der Waals surface area (Å²) in [7, 11) is 0. The van der Waals surface area contributed by atoms with Crippen molar-refractivity contribution < 1.29 is 9.59 Å². The lowest BCUT2D eigenvalue weighted by Gasteiger charge is -2.33. The first-order chi connectivity index (χ1) is 15.2. The number of hydrogen-bond donors (Lipinski definition) is 1. The first-order valence-corrected chi connectivity index (χ1v) is 10.8. The molecule has 2 amide bonds. The zero-order valence-electron chi connectivity index (χ0n) is 17.5. The average Bonchev–Trinajstić information content (AvgIpc) is 2.83. The SMILES string of the molecule is C#CC(=O)N(c1cccc2ccccc12)[C@@H](C(=O)NC1CCCCC1)c1ccccc1. The van der Waals surface area contributed by atoms with E-state index in [2.05, 4.69) is 11.2 Å². The van der Waals surface area contributed by atoms with Crippen molar-refractivity contribution in [1.82, 2.24) is 5.32 Å². The first kappa shape index (κ1) is 20.7. The topological polar surface area (TPSA) is 49.4 Å². The Balaban J connectivity index is 1.82. The third-order valence-corrected chi connectivity index (χ3v) is 5.94. The van der Waals surface area contributed by atoms with Gasteiger partial charge in [-0.1, -0.05) is 86.0 Å². The molecule has 31 heavy (non-hydrogen) atoms. The molecule has 0 spiro atoms. The molecule has 3 aromatic rings. The van der Waals surface area contributed by atoms with E-state index in [9.17, 15) is 9.59 Å². The molecule has 0 unspecified atom stereocenters. The molecule has 0 saturated heterocycles. The minimum atomic E-state index is -0.850. The summed E-state index contributed by atoms with van der Waals surface area (Å²) in [5.41, 5.74) is 1.36. The summed E-state index contributed by atoms with van der Waals surface area (Å²) in [5, 5.41) is 5.05. The second-order valence-corrected chi connectivity index (χ2v) is 7.97. The van der Waals surface area contributed by atoms with Gasteiger partial charge in [-0.15, -0.1) is 6.42 Å². The molecular formula is C27H26N2O2. The molecule has 4 rings (SSSR count). The van der Waals surface area contributed by atoms with E-state index in [1.54, 1.807) is 0 Å². The highest BCUT2D eigenvalue weighted by molar-refractivity contribution is 6.13. The predicted octanol–water partition coefficient (Wildman–Crippen LogP) is 5.00. The predicted molar refractivity (Wildman–Crippen MR) is 124 cm³/mol. The van der Waals surface area contributed by atoms with Gasteiger partial charge in [0, 0.05) is 11.4 Å². The molecule has 0 heterocycles. The van der Waals surface area contributed by atoms with Crippen molar-refractivity contribution in [2.45, 2.75) is 44.2 Å². The lowest BCUT2D eigenvalue weighted by atomic mass is 9.94. The number of benzene rings is 3. The number of fused-ring (bicyclic) bond motifs is 1. The van der Waals surface area contributed by atoms with Crippen LogP contribution in [0.4, 0.5) is 5.69 Å². The van der Waals surface area contributed by atoms with Crippen molar-refractivity contribution in [2.75, 3.05) is 4.90 Å². The van der Waals surface area contributed by atoms with Gasteiger partial charge in [-0.05, 0) is 35.8 Å². The van der Waals surface area contributed by atoms with Gasteiger partial charge in [-0.25, -0.2) is 0 Å². The standard InChI is InChI=1S/C27H26N2O2/c1-2-25(30)29(24-19-11-15-20-12-9-10-18-23(20)24)26(21-13-5-3-6-14-21)27(31)28-22-16-7-4-8-17-22/h1,3,5-6,9-15,18-19,22,26H,4,7-8,16-17H2,(H,28,31)/t26-/m1/s1. The fraction of sp³-hybridized carbons (Fsp3) is 0.259. The Morgan fingerprint density at radius 3 is 2.32 bits per heavy atom. The molecule has 1 N–H and O–H groups in total. The van der Waals surface area contributed by atoms with Crippen LogP contribution in [0.1, 0.15) is 43.7 Å². The number of rotatable bonds is 5. The van der Waals surface area contributed by atoms with Gasteiger partial charge in [0.15, 0.2) is 0 Å². The second-order valence-electron chi connectivity index (χ2n) is 7.97. The number of amides is 2. The normalized spacial score (nSPS) is 15.1. The lowest BCUT2D eigenvalue weighted by Crippen LogP contribution is -2.47. The summed E-state index contributed by atoms with van der Waals surface area (Å²) >= 11 is 0. The number of terminal acetylenes is 1. The molecule has 0 radical (unpaired) electrons. The highest BCUT2D eigenvalue weighted by Gasteiger charge is 2.34. The van der Waals surface area contributed by atoms with Crippen LogP contribution < -0.4 is 10.2 Å². The molecule has 0 aromatic heterocycles. The Kier molecular flexibility index (Phi) is 6.33. The number of anilines is 1. The smallest absolute Gasteiger partial charge is 0.303 e. The van der Waals surface area contributed by atoms with Crippen LogP contribution in [0.25, 0.3) is 10.8 Å². The van der Waals surface area contributed by atoms with Crippen molar-refractivity contribution in [3.05, 3.63) is 78.4 Å². The fourth-order valence-electron chi connectivity index (χ4n) is 4.43. The van der Waals surface area contributed by atoms with Gasteiger partial charge in [0.25, 0.3) is 0 Å². The molecular weight excluding hydrogens is 384 g/mol. The molecule has 1 aliphatic rings. The second kappa shape index (κ2) is 9.49. The molecule has 156 valence electrons. The van der Waals surface area contributed by atoms with E-state index in [0.717, 1.165) is 42.0 Å². The number of carbonyl (C=O) groups is 2. The van der Waals surface area contributed by atoms with Gasteiger partial charge in [0.05, 0.1) is 5.69 Å². The van der Waals surface area contributed by atoms with Gasteiger partial charge in [-0.3, -0.25) is 14.5 Å². The Morgan fingerprint density at radius 2 is 1.58 bits per heavy atom. The first-order valence-electron chi connectivity index (χ1n) is 10.8. The molecule has 0 aliphatic heterocycles. The van der Waals surface area contributed by atoms with Gasteiger partial charge >= 0.3 is 5.91 Å². The minimum Gasteiger partial charge on any atom is -0.351 e. The summed E-state index contributed by atoms with van der Waals surface area (Å²) in [6, 6.07) is 22.2. The summed E-state index contributed by atoms with van der Waals surface area (Å²) in [5.74, 6) is 1.51. The van der Waals surface area contributed by atoms with Crippen LogP contribution in [0, 0.1) is 12.3 Å². The van der Waals surface area contributed by atoms with E-state index >= 15 is 0 Å². The van der Waals surface area contributed by atoms with Crippen molar-refractivity contribution in [3.63, 3.8) is 0 Å². The monoisotopic (exact) mass is 410 g/mol. The summed E-state index contributed by atoms with van der Waals surface area (Å²) in [6.45, 7) is 0. The van der Waals surface area contributed by atoms with Crippen LogP contribution in [0.2, 0.25) is 0 Å². The van der Waals surface area contributed by atoms with Crippen molar-refractivity contribution >= 4 is 28.3 Å². The molecule has 0 bridgehead atoms. The van der Waals surface area contributed by atoms with E-state index in [-0.39, 0.29) is 11.9 Å². The van der Waals surface area contributed by atoms with Crippen LogP contribution in [-0.4, -0.2) is 17.9 Å². The van der Waals surface area contributed by atoms with E-state index in [1.807, 2.05) is 72.8 Å². The maximum atomic E-state index is 13.6. The Labute approximate surface area is 183 Å². The maximum Gasteiger partial charge on any atom is 0.303 e. The molecule has 4 nitrogen and oxygen atoms in total. The molecule has 1 saturated carbocycles. The number of nitrogens with one attached hydrogen (secondary N) is 1. The summed E-state index contributed by atoms with van der Waals surface area (Å²) in [4.78, 5) is 28.2. The van der Waals surface area contributed by atoms with E-state index < -0.39 is 11.9 Å². The third kappa shape index (κ3) is 4.46. The van der Waals surface area contributed by atoms with Crippen LogP contribution in [0.3, 0.4) is 0 Å². The summed E-state index contributed by atoms with van der Waals surface area (Å²) in [6.07, 6.45) is 10.9. The third-order valence-electron chi connectivity index (χ3n) is 5.94. The van der Waals surface area contributed by atoms with E-state index in [0.29, 0.717) is 5.69 Å². The average molecular weight is 411 g/mol. The van der Waals surface area contributed by atoms with Crippen LogP contribution in [0.5, 0.6) is 0 Å². The number of nitrogens with zero attached hydrogens (tertiary/aromatic N) is 1. The van der Waals surface area contributed by atoms with Crippen LogP contribution in [-0.2, 0) is 9.59 Å². The zero-order chi connectivity index (χ0) is 21.6. The van der Waals surface area contributed by atoms with Gasteiger partial charge < -0.3 is 5.32 Å². The van der Waals surface area contributed by atoms with Crippen LogP contribution >= 0.6 is 0 Å². The minimum absolute atomic E-state index is 0.128. The fourth-order valence-corrected chi connectivity index (χ4v) is 4.43. The Hall–Kier alpha value is -3.58. The van der Waals surface area contributed by atoms with E-state index in [4.69, 9.17) is 6.42 Å². The van der Waals surface area contributed by atoms with Gasteiger partial charge in [0.1, 0.15) is 6.04 Å². The highest BCUT2D eigenvalue weighted by atomic mass is 16.2. The largest absolute Gasteiger partial charge is 0.351 e. The zero-order valence-corrected chi connectivity index (χ0v) is 17.5. The number of carbonyl (C=O) groups excluding carboxylic acids is 2. The molecule has 4 heteroatoms. The van der Waals surface area contributed by atoms with Crippen molar-refractivity contribution in [2.24, 2.45) is 0 Å². The Bertz CT molecular complexity index is 1110. The summed E-state index contributed by atoms with van der Waals surface area (Å²) < 4.78 is 0. The molecule has 1 atom stereocenters.